The Balaban J connectivity index is 1.63. The molecule has 8 heteroatoms. The molecule has 0 amide bonds. The number of aryl methyl sites for hydroxylation is 2. The molecule has 2 aromatic carbocycles. The molecule has 0 unspecified atom stereocenters. The first-order valence-electron chi connectivity index (χ1n) is 8.88. The molecule has 0 spiro atoms. The minimum atomic E-state index is -0.771. The zero-order valence-electron chi connectivity index (χ0n) is 16.4. The van der Waals surface area contributed by atoms with Crippen LogP contribution in [0.25, 0.3) is 11.4 Å². The van der Waals surface area contributed by atoms with E-state index in [1.54, 1.807) is 26.4 Å². The van der Waals surface area contributed by atoms with Crippen LogP contribution < -0.4 is 14.2 Å². The van der Waals surface area contributed by atoms with Crippen LogP contribution in [0.2, 0.25) is 0 Å². The van der Waals surface area contributed by atoms with Crippen molar-refractivity contribution in [3.63, 3.8) is 0 Å². The van der Waals surface area contributed by atoms with Gasteiger partial charge in [-0.25, -0.2) is 0 Å². The fourth-order valence-electron chi connectivity index (χ4n) is 2.70. The van der Waals surface area contributed by atoms with Crippen molar-refractivity contribution in [1.82, 2.24) is 20.2 Å². The smallest absolute Gasteiger partial charge is 0.205 e. The van der Waals surface area contributed by atoms with Crippen LogP contribution in [0.3, 0.4) is 0 Å². The highest BCUT2D eigenvalue weighted by Gasteiger charge is 2.13. The molecule has 1 aromatic heterocycles. The molecule has 0 radical (unpaired) electrons. The summed E-state index contributed by atoms with van der Waals surface area (Å²) in [5, 5.41) is 22.6. The first-order chi connectivity index (χ1) is 13.5. The van der Waals surface area contributed by atoms with E-state index in [0.717, 1.165) is 22.4 Å². The number of aliphatic hydroxyl groups excluding tert-OH is 1. The van der Waals surface area contributed by atoms with Crippen LogP contribution in [0.4, 0.5) is 0 Å². The summed E-state index contributed by atoms with van der Waals surface area (Å²) in [6, 6.07) is 11.3. The zero-order chi connectivity index (χ0) is 20.1. The lowest BCUT2D eigenvalue weighted by Crippen LogP contribution is -2.25. The van der Waals surface area contributed by atoms with Crippen LogP contribution in [-0.4, -0.2) is 52.2 Å². The fourth-order valence-corrected chi connectivity index (χ4v) is 2.70. The standard InChI is InChI=1S/C20H24N4O4/c1-13-5-6-14(2)18(9-13)28-12-16(25)11-24-22-20(21-23-24)15-7-8-17(26-3)19(10-15)27-4/h5-10,16,25H,11-12H2,1-4H3/t16-/m1/s1. The maximum atomic E-state index is 10.3. The summed E-state index contributed by atoms with van der Waals surface area (Å²) >= 11 is 0. The summed E-state index contributed by atoms with van der Waals surface area (Å²) in [7, 11) is 3.14. The van der Waals surface area contributed by atoms with Gasteiger partial charge in [0.25, 0.3) is 0 Å². The Morgan fingerprint density at radius 2 is 1.79 bits per heavy atom. The second-order valence-corrected chi connectivity index (χ2v) is 6.47. The summed E-state index contributed by atoms with van der Waals surface area (Å²) in [5.74, 6) is 2.40. The highest BCUT2D eigenvalue weighted by molar-refractivity contribution is 5.60. The maximum Gasteiger partial charge on any atom is 0.205 e. The molecule has 0 saturated carbocycles. The predicted molar refractivity (Wildman–Crippen MR) is 104 cm³/mol. The molecule has 0 bridgehead atoms. The number of methoxy groups -OCH3 is 2. The van der Waals surface area contributed by atoms with E-state index in [9.17, 15) is 5.11 Å². The van der Waals surface area contributed by atoms with E-state index >= 15 is 0 Å². The van der Waals surface area contributed by atoms with Gasteiger partial charge in [-0.2, -0.15) is 4.80 Å². The molecule has 148 valence electrons. The second kappa shape index (κ2) is 8.71. The third-order valence-corrected chi connectivity index (χ3v) is 4.24. The van der Waals surface area contributed by atoms with Gasteiger partial charge in [-0.1, -0.05) is 12.1 Å². The molecule has 8 nitrogen and oxygen atoms in total. The van der Waals surface area contributed by atoms with Gasteiger partial charge in [0.15, 0.2) is 11.5 Å². The Hall–Kier alpha value is -3.13. The predicted octanol–water partition coefficient (Wildman–Crippen LogP) is 2.41. The van der Waals surface area contributed by atoms with E-state index in [2.05, 4.69) is 15.4 Å². The monoisotopic (exact) mass is 384 g/mol. The molecular weight excluding hydrogens is 360 g/mol. The van der Waals surface area contributed by atoms with Crippen LogP contribution >= 0.6 is 0 Å². The Kier molecular flexibility index (Phi) is 6.10. The summed E-state index contributed by atoms with van der Waals surface area (Å²) in [6.07, 6.45) is -0.771. The molecule has 0 saturated heterocycles. The molecule has 1 atom stereocenters. The molecule has 3 rings (SSSR count). The van der Waals surface area contributed by atoms with Crippen LogP contribution in [0.5, 0.6) is 17.2 Å². The average molecular weight is 384 g/mol. The van der Waals surface area contributed by atoms with Crippen LogP contribution in [-0.2, 0) is 6.54 Å². The van der Waals surface area contributed by atoms with Gasteiger partial charge in [-0.3, -0.25) is 0 Å². The largest absolute Gasteiger partial charge is 0.493 e. The number of nitrogens with zero attached hydrogens (tertiary/aromatic N) is 4. The van der Waals surface area contributed by atoms with E-state index in [4.69, 9.17) is 14.2 Å². The van der Waals surface area contributed by atoms with Gasteiger partial charge in [0, 0.05) is 5.56 Å². The van der Waals surface area contributed by atoms with E-state index in [0.29, 0.717) is 17.3 Å². The van der Waals surface area contributed by atoms with Crippen LogP contribution in [0.1, 0.15) is 11.1 Å². The topological polar surface area (TPSA) is 91.5 Å². The first-order valence-corrected chi connectivity index (χ1v) is 8.88. The van der Waals surface area contributed by atoms with Crippen molar-refractivity contribution < 1.29 is 19.3 Å². The first kappa shape index (κ1) is 19.6. The molecule has 0 aliphatic carbocycles. The van der Waals surface area contributed by atoms with Gasteiger partial charge in [-0.05, 0) is 54.5 Å². The normalized spacial score (nSPS) is 11.9. The number of benzene rings is 2. The Morgan fingerprint density at radius 3 is 2.54 bits per heavy atom. The summed E-state index contributed by atoms with van der Waals surface area (Å²) in [4.78, 5) is 1.35. The SMILES string of the molecule is COc1ccc(-c2nnn(C[C@@H](O)COc3cc(C)ccc3C)n2)cc1OC. The summed E-state index contributed by atoms with van der Waals surface area (Å²) in [5.41, 5.74) is 2.87. The Morgan fingerprint density at radius 1 is 1.00 bits per heavy atom. The molecule has 1 heterocycles. The molecule has 1 N–H and O–H groups in total. The van der Waals surface area contributed by atoms with Gasteiger partial charge in [0.2, 0.25) is 5.82 Å². The average Bonchev–Trinajstić information content (AvgIpc) is 3.16. The van der Waals surface area contributed by atoms with E-state index < -0.39 is 6.10 Å². The van der Waals surface area contributed by atoms with Gasteiger partial charge < -0.3 is 19.3 Å². The lowest BCUT2D eigenvalue weighted by Gasteiger charge is -2.13. The van der Waals surface area contributed by atoms with Crippen molar-refractivity contribution in [3.8, 4) is 28.6 Å². The Labute approximate surface area is 163 Å². The lowest BCUT2D eigenvalue weighted by molar-refractivity contribution is 0.0846. The van der Waals surface area contributed by atoms with Crippen molar-refractivity contribution in [2.45, 2.75) is 26.5 Å². The number of ether oxygens (including phenoxy) is 3. The molecule has 0 fully saturated rings. The second-order valence-electron chi connectivity index (χ2n) is 6.47. The summed E-state index contributed by atoms with van der Waals surface area (Å²) < 4.78 is 16.3. The third-order valence-electron chi connectivity index (χ3n) is 4.24. The number of aromatic nitrogens is 4. The van der Waals surface area contributed by atoms with Crippen molar-refractivity contribution >= 4 is 0 Å². The highest BCUT2D eigenvalue weighted by atomic mass is 16.5. The number of rotatable bonds is 8. The molecule has 3 aromatic rings. The Bertz CT molecular complexity index is 942. The van der Waals surface area contributed by atoms with E-state index in [1.807, 2.05) is 38.1 Å². The van der Waals surface area contributed by atoms with E-state index in [1.165, 1.54) is 4.80 Å². The minimum Gasteiger partial charge on any atom is -0.493 e. The highest BCUT2D eigenvalue weighted by Crippen LogP contribution is 2.30. The lowest BCUT2D eigenvalue weighted by atomic mass is 10.1. The van der Waals surface area contributed by atoms with Crippen molar-refractivity contribution in [3.05, 3.63) is 47.5 Å². The number of hydrogen-bond donors (Lipinski definition) is 1. The van der Waals surface area contributed by atoms with Crippen LogP contribution in [0.15, 0.2) is 36.4 Å². The van der Waals surface area contributed by atoms with Crippen molar-refractivity contribution in [2.24, 2.45) is 0 Å². The van der Waals surface area contributed by atoms with Gasteiger partial charge in [0.1, 0.15) is 18.5 Å². The third kappa shape index (κ3) is 4.58. The molecule has 28 heavy (non-hydrogen) atoms. The molecular formula is C20H24N4O4. The van der Waals surface area contributed by atoms with Crippen molar-refractivity contribution in [1.29, 1.82) is 0 Å². The van der Waals surface area contributed by atoms with Crippen molar-refractivity contribution in [2.75, 3.05) is 20.8 Å². The van der Waals surface area contributed by atoms with Gasteiger partial charge >= 0.3 is 0 Å². The van der Waals surface area contributed by atoms with Crippen LogP contribution in [0, 0.1) is 13.8 Å². The number of hydrogen-bond acceptors (Lipinski definition) is 7. The number of aliphatic hydroxyl groups is 1. The summed E-state index contributed by atoms with van der Waals surface area (Å²) in [6.45, 7) is 4.27. The maximum absolute atomic E-state index is 10.3. The molecule has 0 aliphatic heterocycles. The quantitative estimate of drug-likeness (QED) is 0.638. The zero-order valence-corrected chi connectivity index (χ0v) is 16.4. The molecule has 0 aliphatic rings. The van der Waals surface area contributed by atoms with Gasteiger partial charge in [0.05, 0.1) is 20.8 Å². The fraction of sp³-hybridized carbons (Fsp3) is 0.350. The van der Waals surface area contributed by atoms with Gasteiger partial charge in [-0.15, -0.1) is 10.2 Å². The van der Waals surface area contributed by atoms with E-state index in [-0.39, 0.29) is 13.2 Å². The minimum absolute atomic E-state index is 0.136. The number of tetrazole rings is 1.